The molecule has 0 aliphatic rings. The number of likely N-dealkylation sites (N-methyl/N-ethyl adjacent to an activating group) is 1. The lowest BCUT2D eigenvalue weighted by atomic mass is 10.3. The van der Waals surface area contributed by atoms with E-state index in [1.54, 1.807) is 19.2 Å². The smallest absolute Gasteiger partial charge is 0.193 e. The number of hydrogen-bond donors (Lipinski definition) is 1. The van der Waals surface area contributed by atoms with Gasteiger partial charge in [-0.25, -0.2) is 4.39 Å². The Bertz CT molecular complexity index is 445. The molecule has 0 fully saturated rings. The summed E-state index contributed by atoms with van der Waals surface area (Å²) in [5.74, 6) is 2.49. The second-order valence-corrected chi connectivity index (χ2v) is 5.88. The fraction of sp³-hybridized carbons (Fsp3) is 0.562. The summed E-state index contributed by atoms with van der Waals surface area (Å²) in [6.45, 7) is 2.16. The zero-order valence-corrected chi connectivity index (χ0v) is 17.2. The number of ether oxygens (including phenoxy) is 1. The van der Waals surface area contributed by atoms with E-state index < -0.39 is 0 Å². The van der Waals surface area contributed by atoms with Crippen LogP contribution in [-0.4, -0.2) is 56.7 Å². The third-order valence-corrected chi connectivity index (χ3v) is 3.84. The van der Waals surface area contributed by atoms with Crippen molar-refractivity contribution in [3.05, 3.63) is 30.1 Å². The molecule has 0 aliphatic carbocycles. The van der Waals surface area contributed by atoms with E-state index >= 15 is 0 Å². The van der Waals surface area contributed by atoms with Crippen LogP contribution in [0.2, 0.25) is 0 Å². The highest BCUT2D eigenvalue weighted by Gasteiger charge is 2.05. The molecule has 0 spiro atoms. The van der Waals surface area contributed by atoms with E-state index in [9.17, 15) is 4.39 Å². The fourth-order valence-electron chi connectivity index (χ4n) is 1.89. The fourth-order valence-corrected chi connectivity index (χ4v) is 2.39. The van der Waals surface area contributed by atoms with Crippen LogP contribution >= 0.6 is 35.7 Å². The van der Waals surface area contributed by atoms with Gasteiger partial charge in [-0.2, -0.15) is 11.8 Å². The van der Waals surface area contributed by atoms with E-state index in [4.69, 9.17) is 4.74 Å². The van der Waals surface area contributed by atoms with E-state index in [1.807, 2.05) is 23.7 Å². The first-order chi connectivity index (χ1) is 10.7. The molecule has 0 saturated carbocycles. The van der Waals surface area contributed by atoms with Crippen molar-refractivity contribution in [1.82, 2.24) is 10.2 Å². The third-order valence-electron chi connectivity index (χ3n) is 3.14. The highest BCUT2D eigenvalue weighted by molar-refractivity contribution is 14.0. The van der Waals surface area contributed by atoms with Crippen LogP contribution in [0, 0.1) is 5.82 Å². The van der Waals surface area contributed by atoms with Gasteiger partial charge in [0.05, 0.1) is 6.54 Å². The van der Waals surface area contributed by atoms with Gasteiger partial charge in [0.25, 0.3) is 0 Å². The van der Waals surface area contributed by atoms with Crippen LogP contribution in [0.25, 0.3) is 0 Å². The highest BCUT2D eigenvalue weighted by Crippen LogP contribution is 2.10. The maximum atomic E-state index is 12.8. The molecule has 0 saturated heterocycles. The summed E-state index contributed by atoms with van der Waals surface area (Å²) in [6, 6.07) is 6.06. The molecule has 1 aromatic rings. The average molecular weight is 455 g/mol. The molecule has 132 valence electrons. The molecule has 0 aliphatic heterocycles. The summed E-state index contributed by atoms with van der Waals surface area (Å²) in [4.78, 5) is 6.29. The van der Waals surface area contributed by atoms with Crippen LogP contribution in [0.5, 0.6) is 5.75 Å². The second kappa shape index (κ2) is 13.7. The van der Waals surface area contributed by atoms with Crippen LogP contribution in [0.1, 0.15) is 12.8 Å². The normalized spacial score (nSPS) is 10.9. The van der Waals surface area contributed by atoms with Gasteiger partial charge in [-0.3, -0.25) is 4.99 Å². The van der Waals surface area contributed by atoms with Gasteiger partial charge in [0.15, 0.2) is 5.96 Å². The molecule has 0 amide bonds. The van der Waals surface area contributed by atoms with Crippen molar-refractivity contribution in [3.8, 4) is 5.75 Å². The second-order valence-electron chi connectivity index (χ2n) is 4.90. The number of nitrogens with zero attached hydrogens (tertiary/aromatic N) is 2. The summed E-state index contributed by atoms with van der Waals surface area (Å²) >= 11 is 1.87. The number of hydrogen-bond acceptors (Lipinski definition) is 3. The van der Waals surface area contributed by atoms with Crippen molar-refractivity contribution < 1.29 is 9.13 Å². The molecule has 1 N–H and O–H groups in total. The Balaban J connectivity index is 0.00000484. The summed E-state index contributed by atoms with van der Waals surface area (Å²) in [6.07, 6.45) is 4.48. The lowest BCUT2D eigenvalue weighted by Crippen LogP contribution is -2.41. The average Bonchev–Trinajstić information content (AvgIpc) is 2.52. The van der Waals surface area contributed by atoms with E-state index in [2.05, 4.69) is 16.6 Å². The van der Waals surface area contributed by atoms with E-state index in [1.165, 1.54) is 24.3 Å². The van der Waals surface area contributed by atoms with Crippen molar-refractivity contribution in [1.29, 1.82) is 0 Å². The van der Waals surface area contributed by atoms with Crippen molar-refractivity contribution in [2.45, 2.75) is 12.8 Å². The van der Waals surface area contributed by atoms with Crippen LogP contribution in [0.3, 0.4) is 0 Å². The van der Waals surface area contributed by atoms with Crippen LogP contribution in [0.15, 0.2) is 29.3 Å². The number of guanidine groups is 1. The van der Waals surface area contributed by atoms with Crippen molar-refractivity contribution in [2.75, 3.05) is 45.8 Å². The lowest BCUT2D eigenvalue weighted by Gasteiger charge is -2.22. The predicted molar refractivity (Wildman–Crippen MR) is 109 cm³/mol. The zero-order valence-electron chi connectivity index (χ0n) is 14.0. The first kappa shape index (κ1) is 22.3. The molecule has 7 heteroatoms. The maximum Gasteiger partial charge on any atom is 0.193 e. The molecule has 0 aromatic heterocycles. The molecule has 0 radical (unpaired) electrons. The zero-order chi connectivity index (χ0) is 16.2. The molecule has 23 heavy (non-hydrogen) atoms. The lowest BCUT2D eigenvalue weighted by molar-refractivity contribution is 0.281. The third kappa shape index (κ3) is 9.91. The molecular weight excluding hydrogens is 428 g/mol. The van der Waals surface area contributed by atoms with Gasteiger partial charge in [-0.05, 0) is 49.1 Å². The minimum absolute atomic E-state index is 0. The van der Waals surface area contributed by atoms with Gasteiger partial charge in [0, 0.05) is 20.6 Å². The number of benzene rings is 1. The number of aliphatic imine (C=N–C) groups is 1. The van der Waals surface area contributed by atoms with Crippen LogP contribution in [0.4, 0.5) is 4.39 Å². The Morgan fingerprint density at radius 3 is 2.61 bits per heavy atom. The van der Waals surface area contributed by atoms with E-state index in [-0.39, 0.29) is 29.8 Å². The molecule has 0 atom stereocenters. The van der Waals surface area contributed by atoms with Crippen molar-refractivity contribution in [2.24, 2.45) is 4.99 Å². The largest absolute Gasteiger partial charge is 0.492 e. The number of unbranched alkanes of at least 4 members (excludes halogenated alkanes) is 1. The van der Waals surface area contributed by atoms with Crippen molar-refractivity contribution in [3.63, 3.8) is 0 Å². The van der Waals surface area contributed by atoms with Gasteiger partial charge < -0.3 is 15.0 Å². The Morgan fingerprint density at radius 1 is 1.30 bits per heavy atom. The first-order valence-electron chi connectivity index (χ1n) is 7.46. The summed E-state index contributed by atoms with van der Waals surface area (Å²) in [5, 5.41) is 3.35. The predicted octanol–water partition coefficient (Wildman–Crippen LogP) is 3.47. The molecule has 0 heterocycles. The molecule has 0 bridgehead atoms. The molecular formula is C16H27FIN3OS. The minimum atomic E-state index is -0.254. The van der Waals surface area contributed by atoms with Crippen LogP contribution < -0.4 is 10.1 Å². The number of halogens is 2. The maximum absolute atomic E-state index is 12.8. The SMILES string of the molecule is CN=C(NCCCCSC)N(C)CCOc1ccc(F)cc1.I. The van der Waals surface area contributed by atoms with Crippen LogP contribution in [-0.2, 0) is 0 Å². The quantitative estimate of drug-likeness (QED) is 0.268. The molecule has 1 rings (SSSR count). The Labute approximate surface area is 160 Å². The molecule has 1 aromatic carbocycles. The van der Waals surface area contributed by atoms with Gasteiger partial charge in [-0.15, -0.1) is 24.0 Å². The van der Waals surface area contributed by atoms with Gasteiger partial charge in [-0.1, -0.05) is 0 Å². The van der Waals surface area contributed by atoms with Gasteiger partial charge in [0.2, 0.25) is 0 Å². The highest BCUT2D eigenvalue weighted by atomic mass is 127. The van der Waals surface area contributed by atoms with Gasteiger partial charge in [0.1, 0.15) is 18.2 Å². The Morgan fingerprint density at radius 2 is 2.00 bits per heavy atom. The summed E-state index contributed by atoms with van der Waals surface area (Å²) in [7, 11) is 3.76. The number of rotatable bonds is 9. The van der Waals surface area contributed by atoms with E-state index in [0.29, 0.717) is 18.9 Å². The Kier molecular flexibility index (Phi) is 13.3. The number of nitrogens with one attached hydrogen (secondary N) is 1. The standard InChI is InChI=1S/C16H26FN3OS.HI/c1-18-16(19-10-4-5-13-22-3)20(2)11-12-21-15-8-6-14(17)7-9-15;/h6-9H,4-5,10-13H2,1-3H3,(H,18,19);1H. The molecule has 4 nitrogen and oxygen atoms in total. The van der Waals surface area contributed by atoms with E-state index in [0.717, 1.165) is 18.9 Å². The first-order valence-corrected chi connectivity index (χ1v) is 8.86. The summed E-state index contributed by atoms with van der Waals surface area (Å²) < 4.78 is 18.4. The Hall–Kier alpha value is -0.700. The van der Waals surface area contributed by atoms with Gasteiger partial charge >= 0.3 is 0 Å². The topological polar surface area (TPSA) is 36.9 Å². The summed E-state index contributed by atoms with van der Waals surface area (Å²) in [5.41, 5.74) is 0. The molecule has 0 unspecified atom stereocenters. The monoisotopic (exact) mass is 455 g/mol. The number of thioether (sulfide) groups is 1. The van der Waals surface area contributed by atoms with Crippen molar-refractivity contribution >= 4 is 41.7 Å². The minimum Gasteiger partial charge on any atom is -0.492 e.